The van der Waals surface area contributed by atoms with Gasteiger partial charge in [-0.15, -0.1) is 0 Å². The first-order chi connectivity index (χ1) is 11.6. The molecule has 0 bridgehead atoms. The molecule has 0 saturated carbocycles. The molecule has 4 nitrogen and oxygen atoms in total. The Labute approximate surface area is 142 Å². The lowest BCUT2D eigenvalue weighted by molar-refractivity contribution is -0.0599. The van der Waals surface area contributed by atoms with Crippen LogP contribution in [0.4, 0.5) is 0 Å². The molecular weight excluding hydrogens is 300 g/mol. The summed E-state index contributed by atoms with van der Waals surface area (Å²) in [5.41, 5.74) is 4.02. The van der Waals surface area contributed by atoms with Crippen LogP contribution in [-0.4, -0.2) is 28.0 Å². The number of carbonyl (C=O) groups is 1. The zero-order valence-corrected chi connectivity index (χ0v) is 14.1. The third kappa shape index (κ3) is 2.75. The lowest BCUT2D eigenvalue weighted by Gasteiger charge is -2.34. The first-order valence-corrected chi connectivity index (χ1v) is 8.70. The highest BCUT2D eigenvalue weighted by molar-refractivity contribution is 6.03. The predicted molar refractivity (Wildman–Crippen MR) is 91.7 cm³/mol. The fourth-order valence-electron chi connectivity index (χ4n) is 4.31. The number of hydrogen-bond acceptors (Lipinski definition) is 4. The molecule has 1 saturated heterocycles. The molecule has 0 amide bonds. The van der Waals surface area contributed by atoms with Crippen molar-refractivity contribution in [3.8, 4) is 11.1 Å². The summed E-state index contributed by atoms with van der Waals surface area (Å²) in [7, 11) is 0. The number of Topliss-reactive ketones (excluding diaryl/α,β-unsaturated/α-hetero) is 1. The summed E-state index contributed by atoms with van der Waals surface area (Å²) in [6.07, 6.45) is 8.40. The van der Waals surface area contributed by atoms with Crippen LogP contribution in [0.15, 0.2) is 36.9 Å². The van der Waals surface area contributed by atoms with Crippen LogP contribution in [0, 0.1) is 11.8 Å². The third-order valence-electron chi connectivity index (χ3n) is 5.35. The molecule has 0 radical (unpaired) electrons. The molecule has 0 spiro atoms. The Kier molecular flexibility index (Phi) is 3.93. The Morgan fingerprint density at radius 3 is 2.46 bits per heavy atom. The molecular formula is C20H22N2O2. The van der Waals surface area contributed by atoms with E-state index in [1.165, 1.54) is 11.9 Å². The summed E-state index contributed by atoms with van der Waals surface area (Å²) in [4.78, 5) is 21.2. The molecule has 1 aromatic heterocycles. The highest BCUT2D eigenvalue weighted by atomic mass is 16.5. The Morgan fingerprint density at radius 2 is 1.75 bits per heavy atom. The molecule has 24 heavy (non-hydrogen) atoms. The topological polar surface area (TPSA) is 52.1 Å². The SMILES string of the molecule is CC1CC(C2Cc3ccc(-c4cncnc4)cc3C2=O)CC(C)O1. The standard InChI is InChI=1S/C20H22N2O2/c1-12-5-16(6-13(2)24-12)19-8-15-4-3-14(7-18(15)20(19)23)17-9-21-11-22-10-17/h3-4,7,9-13,16,19H,5-6,8H2,1-2H3. The van der Waals surface area contributed by atoms with Crippen LogP contribution in [0.3, 0.4) is 0 Å². The molecule has 4 heteroatoms. The van der Waals surface area contributed by atoms with Gasteiger partial charge in [0.1, 0.15) is 6.33 Å². The summed E-state index contributed by atoms with van der Waals surface area (Å²) in [5.74, 6) is 0.832. The van der Waals surface area contributed by atoms with E-state index in [1.54, 1.807) is 12.4 Å². The third-order valence-corrected chi connectivity index (χ3v) is 5.35. The van der Waals surface area contributed by atoms with E-state index in [-0.39, 0.29) is 18.1 Å². The molecule has 3 atom stereocenters. The van der Waals surface area contributed by atoms with Crippen LogP contribution in [0.2, 0.25) is 0 Å². The maximum absolute atomic E-state index is 13.0. The van der Waals surface area contributed by atoms with Gasteiger partial charge >= 0.3 is 0 Å². The van der Waals surface area contributed by atoms with Crippen molar-refractivity contribution in [1.29, 1.82) is 0 Å². The highest BCUT2D eigenvalue weighted by Gasteiger charge is 2.39. The molecule has 2 aromatic rings. The van der Waals surface area contributed by atoms with E-state index in [0.717, 1.165) is 36.0 Å². The zero-order chi connectivity index (χ0) is 16.7. The van der Waals surface area contributed by atoms with Gasteiger partial charge in [0, 0.05) is 29.4 Å². The van der Waals surface area contributed by atoms with Gasteiger partial charge in [-0.3, -0.25) is 4.79 Å². The number of ether oxygens (including phenoxy) is 1. The molecule has 2 aliphatic rings. The van der Waals surface area contributed by atoms with Gasteiger partial charge in [0.05, 0.1) is 12.2 Å². The second kappa shape index (κ2) is 6.10. The van der Waals surface area contributed by atoms with Crippen molar-refractivity contribution < 1.29 is 9.53 Å². The van der Waals surface area contributed by atoms with E-state index >= 15 is 0 Å². The maximum Gasteiger partial charge on any atom is 0.166 e. The monoisotopic (exact) mass is 322 g/mol. The van der Waals surface area contributed by atoms with Crippen LogP contribution in [0.5, 0.6) is 0 Å². The van der Waals surface area contributed by atoms with Gasteiger partial charge in [-0.05, 0) is 56.2 Å². The van der Waals surface area contributed by atoms with Crippen molar-refractivity contribution >= 4 is 5.78 Å². The second-order valence-corrected chi connectivity index (χ2v) is 7.16. The Hall–Kier alpha value is -2.07. The number of ketones is 1. The smallest absolute Gasteiger partial charge is 0.166 e. The van der Waals surface area contributed by atoms with Gasteiger partial charge in [0.2, 0.25) is 0 Å². The van der Waals surface area contributed by atoms with Crippen molar-refractivity contribution in [3.63, 3.8) is 0 Å². The lowest BCUT2D eigenvalue weighted by atomic mass is 9.80. The molecule has 1 aromatic carbocycles. The summed E-state index contributed by atoms with van der Waals surface area (Å²) < 4.78 is 5.84. The maximum atomic E-state index is 13.0. The summed E-state index contributed by atoms with van der Waals surface area (Å²) in [5, 5.41) is 0. The predicted octanol–water partition coefficient (Wildman–Crippen LogP) is 3.70. The Morgan fingerprint density at radius 1 is 1.04 bits per heavy atom. The van der Waals surface area contributed by atoms with Gasteiger partial charge in [-0.1, -0.05) is 12.1 Å². The molecule has 3 unspecified atom stereocenters. The normalized spacial score (nSPS) is 29.5. The number of nitrogens with zero attached hydrogens (tertiary/aromatic N) is 2. The average molecular weight is 322 g/mol. The van der Waals surface area contributed by atoms with Crippen LogP contribution in [0.1, 0.15) is 42.6 Å². The molecule has 1 fully saturated rings. The van der Waals surface area contributed by atoms with E-state index in [1.807, 2.05) is 6.07 Å². The minimum absolute atomic E-state index is 0.107. The number of fused-ring (bicyclic) bond motifs is 1. The molecule has 1 aliphatic heterocycles. The van der Waals surface area contributed by atoms with Crippen molar-refractivity contribution in [1.82, 2.24) is 9.97 Å². The van der Waals surface area contributed by atoms with Crippen LogP contribution >= 0.6 is 0 Å². The van der Waals surface area contributed by atoms with Gasteiger partial charge in [-0.2, -0.15) is 0 Å². The van der Waals surface area contributed by atoms with Crippen molar-refractivity contribution in [2.75, 3.05) is 0 Å². The number of rotatable bonds is 2. The minimum atomic E-state index is 0.107. The van der Waals surface area contributed by atoms with Gasteiger partial charge in [0.25, 0.3) is 0 Å². The largest absolute Gasteiger partial charge is 0.376 e. The molecule has 2 heterocycles. The number of hydrogen-bond donors (Lipinski definition) is 0. The Balaban J connectivity index is 1.61. The van der Waals surface area contributed by atoms with E-state index in [0.29, 0.717) is 11.7 Å². The van der Waals surface area contributed by atoms with Crippen LogP contribution in [-0.2, 0) is 11.2 Å². The van der Waals surface area contributed by atoms with Gasteiger partial charge in [-0.25, -0.2) is 9.97 Å². The lowest BCUT2D eigenvalue weighted by Crippen LogP contribution is -2.35. The second-order valence-electron chi connectivity index (χ2n) is 7.16. The van der Waals surface area contributed by atoms with E-state index in [9.17, 15) is 4.79 Å². The number of aromatic nitrogens is 2. The number of benzene rings is 1. The van der Waals surface area contributed by atoms with Crippen molar-refractivity contribution in [3.05, 3.63) is 48.0 Å². The number of carbonyl (C=O) groups excluding carboxylic acids is 1. The summed E-state index contributed by atoms with van der Waals surface area (Å²) in [6.45, 7) is 4.23. The fourth-order valence-corrected chi connectivity index (χ4v) is 4.31. The minimum Gasteiger partial charge on any atom is -0.376 e. The molecule has 1 aliphatic carbocycles. The van der Waals surface area contributed by atoms with E-state index in [4.69, 9.17) is 4.74 Å². The molecule has 124 valence electrons. The van der Waals surface area contributed by atoms with Crippen molar-refractivity contribution in [2.24, 2.45) is 11.8 Å². The van der Waals surface area contributed by atoms with Gasteiger partial charge < -0.3 is 4.74 Å². The molecule has 0 N–H and O–H groups in total. The fraction of sp³-hybridized carbons (Fsp3) is 0.450. The summed E-state index contributed by atoms with van der Waals surface area (Å²) >= 11 is 0. The van der Waals surface area contributed by atoms with Gasteiger partial charge in [0.15, 0.2) is 5.78 Å². The quantitative estimate of drug-likeness (QED) is 0.846. The van der Waals surface area contributed by atoms with Crippen molar-refractivity contribution in [2.45, 2.75) is 45.3 Å². The summed E-state index contributed by atoms with van der Waals surface area (Å²) in [6, 6.07) is 6.19. The highest BCUT2D eigenvalue weighted by Crippen LogP contribution is 2.39. The van der Waals surface area contributed by atoms with E-state index in [2.05, 4.69) is 35.9 Å². The van der Waals surface area contributed by atoms with Crippen LogP contribution in [0.25, 0.3) is 11.1 Å². The molecule has 4 rings (SSSR count). The Bertz CT molecular complexity index is 749. The first-order valence-electron chi connectivity index (χ1n) is 8.70. The van der Waals surface area contributed by atoms with E-state index < -0.39 is 0 Å². The zero-order valence-electron chi connectivity index (χ0n) is 14.1. The van der Waals surface area contributed by atoms with Crippen LogP contribution < -0.4 is 0 Å². The first kappa shape index (κ1) is 15.5. The average Bonchev–Trinajstić information content (AvgIpc) is 2.91.